The fourth-order valence-electron chi connectivity index (χ4n) is 4.92. The molecule has 0 heterocycles. The van der Waals surface area contributed by atoms with Crippen molar-refractivity contribution in [3.63, 3.8) is 0 Å². The van der Waals surface area contributed by atoms with Crippen LogP contribution in [0.25, 0.3) is 0 Å². The van der Waals surface area contributed by atoms with E-state index in [0.717, 1.165) is 24.6 Å². The summed E-state index contributed by atoms with van der Waals surface area (Å²) in [7, 11) is 8.43. The average Bonchev–Trinajstić information content (AvgIpc) is 2.70. The Balaban J connectivity index is 2.15. The Morgan fingerprint density at radius 2 is 0.943 bits per heavy atom. The molecule has 0 saturated heterocycles. The zero-order chi connectivity index (χ0) is 26.6. The second-order valence-corrected chi connectivity index (χ2v) is 13.0. The van der Waals surface area contributed by atoms with Gasteiger partial charge in [-0.15, -0.1) is 0 Å². The summed E-state index contributed by atoms with van der Waals surface area (Å²) in [5, 5.41) is 0. The van der Waals surface area contributed by atoms with Crippen molar-refractivity contribution in [2.24, 2.45) is 10.8 Å². The smallest absolute Gasteiger partial charge is 0.122 e. The van der Waals surface area contributed by atoms with Crippen LogP contribution in [0.4, 0.5) is 0 Å². The summed E-state index contributed by atoms with van der Waals surface area (Å²) >= 11 is 0. The number of ether oxygens (including phenoxy) is 2. The maximum Gasteiger partial charge on any atom is 0.122 e. The van der Waals surface area contributed by atoms with E-state index in [0.29, 0.717) is 13.2 Å². The van der Waals surface area contributed by atoms with Gasteiger partial charge in [-0.05, 0) is 76.4 Å². The van der Waals surface area contributed by atoms with Gasteiger partial charge in [0.15, 0.2) is 0 Å². The molecule has 0 N–H and O–H groups in total. The van der Waals surface area contributed by atoms with E-state index >= 15 is 0 Å². The first kappa shape index (κ1) is 29.2. The summed E-state index contributed by atoms with van der Waals surface area (Å²) in [5.41, 5.74) is 4.99. The lowest BCUT2D eigenvalue weighted by atomic mass is 9.77. The summed E-state index contributed by atoms with van der Waals surface area (Å²) in [6, 6.07) is 13.2. The molecule has 0 fully saturated rings. The van der Waals surface area contributed by atoms with Gasteiger partial charge in [0.1, 0.15) is 11.5 Å². The molecule has 2 aromatic carbocycles. The van der Waals surface area contributed by atoms with Gasteiger partial charge in [-0.1, -0.05) is 65.8 Å². The van der Waals surface area contributed by atoms with E-state index in [9.17, 15) is 0 Å². The van der Waals surface area contributed by atoms with E-state index in [1.165, 1.54) is 22.3 Å². The van der Waals surface area contributed by atoms with Crippen molar-refractivity contribution >= 4 is 0 Å². The zero-order valence-electron chi connectivity index (χ0n) is 24.5. The van der Waals surface area contributed by atoms with Gasteiger partial charge in [-0.25, -0.2) is 0 Å². The van der Waals surface area contributed by atoms with E-state index in [-0.39, 0.29) is 16.2 Å². The lowest BCUT2D eigenvalue weighted by Crippen LogP contribution is -2.33. The van der Waals surface area contributed by atoms with E-state index in [2.05, 4.69) is 130 Å². The third-order valence-electron chi connectivity index (χ3n) is 6.52. The number of hydrogen-bond acceptors (Lipinski definition) is 4. The third-order valence-corrected chi connectivity index (χ3v) is 6.52. The van der Waals surface area contributed by atoms with E-state index < -0.39 is 0 Å². The van der Waals surface area contributed by atoms with Crippen LogP contribution in [0.5, 0.6) is 11.5 Å². The highest BCUT2D eigenvalue weighted by Gasteiger charge is 2.26. The van der Waals surface area contributed by atoms with Crippen LogP contribution in [0.2, 0.25) is 0 Å². The number of rotatable bonds is 12. The first-order valence-electron chi connectivity index (χ1n) is 12.8. The molecule has 4 heteroatoms. The van der Waals surface area contributed by atoms with Gasteiger partial charge in [-0.3, -0.25) is 0 Å². The van der Waals surface area contributed by atoms with Crippen LogP contribution >= 0.6 is 0 Å². The van der Waals surface area contributed by atoms with Gasteiger partial charge in [-0.2, -0.15) is 0 Å². The summed E-state index contributed by atoms with van der Waals surface area (Å²) in [4.78, 5) is 4.43. The predicted molar refractivity (Wildman–Crippen MR) is 150 cm³/mol. The summed E-state index contributed by atoms with van der Waals surface area (Å²) < 4.78 is 12.5. The van der Waals surface area contributed by atoms with Gasteiger partial charge < -0.3 is 19.3 Å². The summed E-state index contributed by atoms with van der Waals surface area (Å²) in [5.74, 6) is 1.94. The molecule has 0 aliphatic carbocycles. The summed E-state index contributed by atoms with van der Waals surface area (Å²) in [6.45, 7) is 21.2. The van der Waals surface area contributed by atoms with E-state index in [4.69, 9.17) is 9.47 Å². The molecule has 0 unspecified atom stereocenters. The molecule has 0 aliphatic rings. The largest absolute Gasteiger partial charge is 0.493 e. The monoisotopic (exact) mass is 482 g/mol. The average molecular weight is 483 g/mol. The molecule has 35 heavy (non-hydrogen) atoms. The standard InChI is InChI=1S/C31H50N2O2/c1-23-17-25(13-15-27(23)34-21-29(3,4)19-32(9)10)31(7,8)26-14-16-28(24(2)18-26)35-22-30(5,6)20-33(11)12/h13-18H,19-22H2,1-12H3. The number of hydrogen-bond donors (Lipinski definition) is 0. The van der Waals surface area contributed by atoms with Crippen LogP contribution in [-0.4, -0.2) is 64.3 Å². The van der Waals surface area contributed by atoms with Gasteiger partial charge in [0.05, 0.1) is 13.2 Å². The molecule has 196 valence electrons. The number of nitrogens with zero attached hydrogens (tertiary/aromatic N) is 2. The SMILES string of the molecule is Cc1cc(C(C)(C)c2ccc(OCC(C)(C)CN(C)C)c(C)c2)ccc1OCC(C)(C)CN(C)C. The molecule has 0 spiro atoms. The minimum absolute atomic E-state index is 0.0941. The Labute approximate surface area is 215 Å². The third kappa shape index (κ3) is 8.54. The fourth-order valence-corrected chi connectivity index (χ4v) is 4.92. The molecule has 0 amide bonds. The molecule has 4 nitrogen and oxygen atoms in total. The van der Waals surface area contributed by atoms with Crippen molar-refractivity contribution < 1.29 is 9.47 Å². The van der Waals surface area contributed by atoms with Gasteiger partial charge in [0.25, 0.3) is 0 Å². The highest BCUT2D eigenvalue weighted by Crippen LogP contribution is 2.36. The van der Waals surface area contributed by atoms with Gasteiger partial charge in [0, 0.05) is 29.3 Å². The lowest BCUT2D eigenvalue weighted by Gasteiger charge is -2.30. The second-order valence-electron chi connectivity index (χ2n) is 13.0. The minimum atomic E-state index is -0.124. The highest BCUT2D eigenvalue weighted by molar-refractivity contribution is 5.47. The first-order valence-corrected chi connectivity index (χ1v) is 12.8. The Kier molecular flexibility index (Phi) is 9.46. The Hall–Kier alpha value is -2.04. The van der Waals surface area contributed by atoms with Crippen LogP contribution in [-0.2, 0) is 5.41 Å². The molecular weight excluding hydrogens is 432 g/mol. The van der Waals surface area contributed by atoms with Crippen LogP contribution in [0.1, 0.15) is 63.8 Å². The van der Waals surface area contributed by atoms with Crippen molar-refractivity contribution in [2.75, 3.05) is 54.5 Å². The van der Waals surface area contributed by atoms with E-state index in [1.807, 2.05) is 0 Å². The molecule has 0 saturated carbocycles. The maximum atomic E-state index is 6.24. The predicted octanol–water partition coefficient (Wildman–Crippen LogP) is 6.56. The molecule has 2 aromatic rings. The molecule has 0 aromatic heterocycles. The van der Waals surface area contributed by atoms with Crippen molar-refractivity contribution in [1.29, 1.82) is 0 Å². The first-order chi connectivity index (χ1) is 16.0. The second kappa shape index (κ2) is 11.3. The molecule has 0 bridgehead atoms. The molecule has 0 aliphatic heterocycles. The van der Waals surface area contributed by atoms with Crippen molar-refractivity contribution in [1.82, 2.24) is 9.80 Å². The molecule has 0 radical (unpaired) electrons. The Morgan fingerprint density at radius 1 is 0.600 bits per heavy atom. The van der Waals surface area contributed by atoms with Crippen LogP contribution in [0, 0.1) is 24.7 Å². The Morgan fingerprint density at radius 3 is 1.23 bits per heavy atom. The van der Waals surface area contributed by atoms with Crippen LogP contribution < -0.4 is 9.47 Å². The van der Waals surface area contributed by atoms with E-state index in [1.54, 1.807) is 0 Å². The van der Waals surface area contributed by atoms with Gasteiger partial charge in [0.2, 0.25) is 0 Å². The quantitative estimate of drug-likeness (QED) is 0.342. The van der Waals surface area contributed by atoms with Crippen LogP contribution in [0.15, 0.2) is 36.4 Å². The topological polar surface area (TPSA) is 24.9 Å². The van der Waals surface area contributed by atoms with Gasteiger partial charge >= 0.3 is 0 Å². The number of benzene rings is 2. The maximum absolute atomic E-state index is 6.24. The molecule has 0 atom stereocenters. The number of aryl methyl sites for hydroxylation is 2. The minimum Gasteiger partial charge on any atom is -0.493 e. The fraction of sp³-hybridized carbons (Fsp3) is 0.613. The normalized spacial score (nSPS) is 13.0. The molecule has 2 rings (SSSR count). The molecular formula is C31H50N2O2. The van der Waals surface area contributed by atoms with Crippen molar-refractivity contribution in [3.8, 4) is 11.5 Å². The Bertz CT molecular complexity index is 896. The van der Waals surface area contributed by atoms with Crippen molar-refractivity contribution in [3.05, 3.63) is 58.7 Å². The van der Waals surface area contributed by atoms with Crippen LogP contribution in [0.3, 0.4) is 0 Å². The zero-order valence-corrected chi connectivity index (χ0v) is 24.5. The highest BCUT2D eigenvalue weighted by atomic mass is 16.5. The van der Waals surface area contributed by atoms with Crippen molar-refractivity contribution in [2.45, 2.75) is 60.8 Å². The summed E-state index contributed by atoms with van der Waals surface area (Å²) in [6.07, 6.45) is 0. The lowest BCUT2D eigenvalue weighted by molar-refractivity contribution is 0.140.